The molecule has 5 rings (SSSR count). The number of nitrogens with two attached hydrogens (primary N) is 1. The summed E-state index contributed by atoms with van der Waals surface area (Å²) >= 11 is 0. The van der Waals surface area contributed by atoms with Gasteiger partial charge in [-0.15, -0.1) is 0 Å². The van der Waals surface area contributed by atoms with Gasteiger partial charge in [-0.1, -0.05) is 6.07 Å². The number of benzene rings is 2. The van der Waals surface area contributed by atoms with E-state index in [1.165, 1.54) is 10.9 Å². The molecule has 1 fully saturated rings. The highest BCUT2D eigenvalue weighted by Gasteiger charge is 2.44. The van der Waals surface area contributed by atoms with E-state index in [-0.39, 0.29) is 5.82 Å². The minimum Gasteiger partial charge on any atom is -0.756 e. The number of nitrogens with zero attached hydrogens (tertiary/aromatic N) is 4. The maximum Gasteiger partial charge on any atom is 0.265 e. The van der Waals surface area contributed by atoms with Crippen LogP contribution in [-0.4, -0.2) is 54.6 Å². The third-order valence-corrected chi connectivity index (χ3v) is 6.10. The Balaban J connectivity index is 1.65. The number of fused-ring (bicyclic) bond motifs is 4. The van der Waals surface area contributed by atoms with E-state index in [2.05, 4.69) is 20.6 Å². The standard InChI is InChI=1S/C20H18N5O7P/c21-6-9-1-2-10-5-13-12(4-11(10)3-9)16-15(19(22)24-13)23-8-25(16)20-18(27)17(26)14(32-20)7-31-33(28,29)30/h1-5,8,14,17-18,20,26-27H,7H2,(H2,22,24)(H2,28,29,30)/p-1/t14-,17+,18?,20-/m1/s1. The molecule has 1 aliphatic heterocycles. The van der Waals surface area contributed by atoms with Gasteiger partial charge in [-0.2, -0.15) is 5.26 Å². The van der Waals surface area contributed by atoms with Crippen LogP contribution >= 0.6 is 7.82 Å². The van der Waals surface area contributed by atoms with Crippen molar-refractivity contribution in [2.24, 2.45) is 0 Å². The van der Waals surface area contributed by atoms with Crippen LogP contribution in [0.5, 0.6) is 0 Å². The fourth-order valence-electron chi connectivity index (χ4n) is 4.09. The number of hydrogen-bond donors (Lipinski definition) is 4. The fourth-order valence-corrected chi connectivity index (χ4v) is 4.43. The van der Waals surface area contributed by atoms with Gasteiger partial charge >= 0.3 is 0 Å². The summed E-state index contributed by atoms with van der Waals surface area (Å²) in [5, 5.41) is 32.4. The van der Waals surface area contributed by atoms with Crippen LogP contribution in [0.3, 0.4) is 0 Å². The van der Waals surface area contributed by atoms with Crippen LogP contribution in [0.4, 0.5) is 5.82 Å². The Hall–Kier alpha value is -3.14. The van der Waals surface area contributed by atoms with Crippen LogP contribution < -0.4 is 10.6 Å². The minimum absolute atomic E-state index is 0.143. The number of aromatic nitrogens is 3. The number of imidazole rings is 1. The second kappa shape index (κ2) is 7.72. The molecule has 33 heavy (non-hydrogen) atoms. The zero-order valence-electron chi connectivity index (χ0n) is 16.8. The van der Waals surface area contributed by atoms with Gasteiger partial charge in [0, 0.05) is 5.39 Å². The van der Waals surface area contributed by atoms with Crippen molar-refractivity contribution in [3.8, 4) is 6.07 Å². The lowest BCUT2D eigenvalue weighted by atomic mass is 10.0. The highest BCUT2D eigenvalue weighted by molar-refractivity contribution is 7.44. The van der Waals surface area contributed by atoms with Crippen molar-refractivity contribution < 1.29 is 33.8 Å². The molecule has 2 unspecified atom stereocenters. The molecule has 1 saturated heterocycles. The number of rotatable bonds is 4. The van der Waals surface area contributed by atoms with Gasteiger partial charge < -0.3 is 39.6 Å². The predicted octanol–water partition coefficient (Wildman–Crippen LogP) is 0.288. The molecule has 12 nitrogen and oxygen atoms in total. The van der Waals surface area contributed by atoms with Gasteiger partial charge in [0.1, 0.15) is 23.8 Å². The summed E-state index contributed by atoms with van der Waals surface area (Å²) in [5.41, 5.74) is 7.94. The Morgan fingerprint density at radius 2 is 2.06 bits per heavy atom. The lowest BCUT2D eigenvalue weighted by Gasteiger charge is -2.20. The number of aliphatic hydroxyl groups is 2. The average molecular weight is 470 g/mol. The van der Waals surface area contributed by atoms with E-state index >= 15 is 0 Å². The summed E-state index contributed by atoms with van der Waals surface area (Å²) in [6, 6.07) is 10.9. The van der Waals surface area contributed by atoms with Crippen LogP contribution in [0, 0.1) is 11.3 Å². The maximum atomic E-state index is 10.9. The molecule has 13 heteroatoms. The number of pyridine rings is 1. The number of hydrogen-bond acceptors (Lipinski definition) is 10. The zero-order chi connectivity index (χ0) is 23.5. The lowest BCUT2D eigenvalue weighted by Crippen LogP contribution is -2.33. The minimum atomic E-state index is -5.04. The van der Waals surface area contributed by atoms with E-state index in [9.17, 15) is 24.9 Å². The van der Waals surface area contributed by atoms with Gasteiger partial charge in [-0.25, -0.2) is 9.97 Å². The highest BCUT2D eigenvalue weighted by Crippen LogP contribution is 2.38. The van der Waals surface area contributed by atoms with Crippen LogP contribution in [0.25, 0.3) is 32.7 Å². The topological polar surface area (TPSA) is 200 Å². The zero-order valence-corrected chi connectivity index (χ0v) is 17.7. The first-order chi connectivity index (χ1) is 15.7. The summed E-state index contributed by atoms with van der Waals surface area (Å²) in [7, 11) is -5.04. The molecule has 0 aliphatic carbocycles. The number of nitriles is 1. The van der Waals surface area contributed by atoms with Crippen LogP contribution in [0.2, 0.25) is 0 Å². The van der Waals surface area contributed by atoms with E-state index in [1.807, 2.05) is 12.1 Å². The molecule has 1 aliphatic rings. The van der Waals surface area contributed by atoms with Gasteiger partial charge in [0.15, 0.2) is 12.0 Å². The third-order valence-electron chi connectivity index (χ3n) is 5.63. The first kappa shape index (κ1) is 21.7. The Labute approximate surface area is 185 Å². The average Bonchev–Trinajstić information content (AvgIpc) is 3.33. The Kier molecular flexibility index (Phi) is 5.08. The first-order valence-electron chi connectivity index (χ1n) is 9.76. The Morgan fingerprint density at radius 3 is 2.79 bits per heavy atom. The monoisotopic (exact) mass is 470 g/mol. The van der Waals surface area contributed by atoms with Crippen LogP contribution in [0.15, 0.2) is 36.7 Å². The maximum absolute atomic E-state index is 10.9. The Morgan fingerprint density at radius 1 is 1.27 bits per heavy atom. The van der Waals surface area contributed by atoms with Crippen molar-refractivity contribution >= 4 is 46.3 Å². The first-order valence-corrected chi connectivity index (χ1v) is 11.3. The molecule has 0 bridgehead atoms. The summed E-state index contributed by atoms with van der Waals surface area (Å²) in [4.78, 5) is 28.4. The van der Waals surface area contributed by atoms with E-state index in [0.717, 1.165) is 10.8 Å². The lowest BCUT2D eigenvalue weighted by molar-refractivity contribution is -0.222. The largest absolute Gasteiger partial charge is 0.756 e. The third kappa shape index (κ3) is 3.72. The summed E-state index contributed by atoms with van der Waals surface area (Å²) < 4.78 is 22.4. The molecule has 2 aromatic carbocycles. The molecular formula is C20H17N5O7P-. The predicted molar refractivity (Wildman–Crippen MR) is 113 cm³/mol. The van der Waals surface area contributed by atoms with Gasteiger partial charge in [0.25, 0.3) is 7.82 Å². The number of nitrogen functional groups attached to an aromatic ring is 1. The SMILES string of the molecule is N#Cc1ccc2cc3nc(N)c4ncn([C@@H]5O[C@H](COP(=O)([O-])O)[C@H](O)C5O)c4c3cc2c1. The van der Waals surface area contributed by atoms with Gasteiger partial charge in [-0.05, 0) is 35.0 Å². The van der Waals surface area contributed by atoms with Crippen LogP contribution in [0.1, 0.15) is 11.8 Å². The number of phosphoric acid groups is 1. The van der Waals surface area contributed by atoms with Crippen LogP contribution in [-0.2, 0) is 13.8 Å². The van der Waals surface area contributed by atoms with Gasteiger partial charge in [0.2, 0.25) is 0 Å². The summed E-state index contributed by atoms with van der Waals surface area (Å²) in [6.07, 6.45) is -3.98. The second-order valence-corrected chi connectivity index (χ2v) is 8.90. The van der Waals surface area contributed by atoms with Crippen molar-refractivity contribution in [3.63, 3.8) is 0 Å². The quantitative estimate of drug-likeness (QED) is 0.236. The molecule has 4 aromatic rings. The van der Waals surface area contributed by atoms with E-state index < -0.39 is 39.0 Å². The van der Waals surface area contributed by atoms with Gasteiger partial charge in [0.05, 0.1) is 35.6 Å². The summed E-state index contributed by atoms with van der Waals surface area (Å²) in [6.45, 7) is -0.690. The molecule has 0 amide bonds. The van der Waals surface area contributed by atoms with E-state index in [1.54, 1.807) is 18.2 Å². The number of aliphatic hydroxyl groups excluding tert-OH is 2. The van der Waals surface area contributed by atoms with Crippen molar-refractivity contribution in [1.82, 2.24) is 14.5 Å². The summed E-state index contributed by atoms with van der Waals surface area (Å²) in [5.74, 6) is 0.143. The van der Waals surface area contributed by atoms with E-state index in [4.69, 9.17) is 15.4 Å². The van der Waals surface area contributed by atoms with Gasteiger partial charge in [-0.3, -0.25) is 4.57 Å². The highest BCUT2D eigenvalue weighted by atomic mass is 31.2. The normalized spacial score (nSPS) is 24.9. The smallest absolute Gasteiger partial charge is 0.265 e. The molecule has 5 atom stereocenters. The molecule has 0 radical (unpaired) electrons. The van der Waals surface area contributed by atoms with E-state index in [0.29, 0.717) is 27.5 Å². The molecule has 0 saturated carbocycles. The van der Waals surface area contributed by atoms with Crippen molar-refractivity contribution in [3.05, 3.63) is 42.2 Å². The Bertz CT molecular complexity index is 1490. The molecule has 5 N–H and O–H groups in total. The van der Waals surface area contributed by atoms with Crippen molar-refractivity contribution in [2.45, 2.75) is 24.5 Å². The second-order valence-electron chi connectivity index (χ2n) is 7.70. The molecule has 0 spiro atoms. The molecule has 2 aromatic heterocycles. The van der Waals surface area contributed by atoms with Crippen molar-refractivity contribution in [1.29, 1.82) is 5.26 Å². The number of ether oxygens (including phenoxy) is 1. The van der Waals surface area contributed by atoms with Crippen molar-refractivity contribution in [2.75, 3.05) is 12.3 Å². The molecule has 3 heterocycles. The molecular weight excluding hydrogens is 453 g/mol. The fraction of sp³-hybridized carbons (Fsp3) is 0.250. The molecule has 170 valence electrons. The number of anilines is 1. The number of phosphoric ester groups is 1.